The Balaban J connectivity index is 1.31. The summed E-state index contributed by atoms with van der Waals surface area (Å²) >= 11 is 0. The van der Waals surface area contributed by atoms with Crippen molar-refractivity contribution in [3.05, 3.63) is 71.7 Å². The molecule has 0 unspecified atom stereocenters. The minimum absolute atomic E-state index is 0.0310. The summed E-state index contributed by atoms with van der Waals surface area (Å²) in [7, 11) is 1.63. The summed E-state index contributed by atoms with van der Waals surface area (Å²) in [5, 5.41) is 5.49. The number of halogens is 1. The molecule has 0 radical (unpaired) electrons. The van der Waals surface area contributed by atoms with Crippen molar-refractivity contribution in [2.45, 2.75) is 19.8 Å². The zero-order valence-corrected chi connectivity index (χ0v) is 21.0. The summed E-state index contributed by atoms with van der Waals surface area (Å²) in [6, 6.07) is 14.0. The number of aryl methyl sites for hydroxylation is 1. The largest absolute Gasteiger partial charge is 0.489 e. The number of para-hydroxylation sites is 1. The highest BCUT2D eigenvalue weighted by Gasteiger charge is 2.27. The number of piperidine rings is 1. The molecule has 3 heterocycles. The molecule has 0 atom stereocenters. The summed E-state index contributed by atoms with van der Waals surface area (Å²) in [5.41, 5.74) is 3.02. The Hall–Kier alpha value is -4.14. The molecule has 2 aromatic carbocycles. The summed E-state index contributed by atoms with van der Waals surface area (Å²) < 4.78 is 20.9. The van der Waals surface area contributed by atoms with E-state index in [0.717, 1.165) is 17.1 Å². The van der Waals surface area contributed by atoms with E-state index in [0.29, 0.717) is 61.8 Å². The van der Waals surface area contributed by atoms with Gasteiger partial charge in [0, 0.05) is 37.9 Å². The first-order valence-electron chi connectivity index (χ1n) is 12.5. The highest BCUT2D eigenvalue weighted by molar-refractivity contribution is 6.07. The number of carbonyl (C=O) groups is 2. The van der Waals surface area contributed by atoms with Gasteiger partial charge in [0.15, 0.2) is 5.75 Å². The molecule has 2 aliphatic heterocycles. The Kier molecular flexibility index (Phi) is 6.94. The number of pyridine rings is 1. The van der Waals surface area contributed by atoms with Gasteiger partial charge in [-0.15, -0.1) is 0 Å². The first kappa shape index (κ1) is 24.5. The van der Waals surface area contributed by atoms with Gasteiger partial charge in [0.25, 0.3) is 5.91 Å². The van der Waals surface area contributed by atoms with Crippen molar-refractivity contribution < 1.29 is 18.7 Å². The van der Waals surface area contributed by atoms with Crippen LogP contribution in [0.2, 0.25) is 0 Å². The van der Waals surface area contributed by atoms with Crippen molar-refractivity contribution in [2.75, 3.05) is 48.4 Å². The van der Waals surface area contributed by atoms with Crippen LogP contribution in [0.4, 0.5) is 27.3 Å². The van der Waals surface area contributed by atoms with E-state index in [4.69, 9.17) is 4.74 Å². The predicted octanol–water partition coefficient (Wildman–Crippen LogP) is 4.27. The third-order valence-electron chi connectivity index (χ3n) is 6.92. The molecule has 0 saturated carbocycles. The first-order valence-corrected chi connectivity index (χ1v) is 12.5. The maximum Gasteiger partial charge on any atom is 0.259 e. The number of benzene rings is 2. The summed E-state index contributed by atoms with van der Waals surface area (Å²) in [6.45, 7) is 4.20. The lowest BCUT2D eigenvalue weighted by atomic mass is 9.95. The SMILES string of the molecule is CNC(=O)C1CCN(c2ccc(NC(=O)c3cccc4c3OCCN4c3ccc(C)cn3)cc2F)CC1. The number of fused-ring (bicyclic) bond motifs is 1. The van der Waals surface area contributed by atoms with Crippen LogP contribution in [0.3, 0.4) is 0 Å². The summed E-state index contributed by atoms with van der Waals surface area (Å²) in [5.74, 6) is 0.450. The number of rotatable bonds is 5. The minimum Gasteiger partial charge on any atom is -0.489 e. The highest BCUT2D eigenvalue weighted by atomic mass is 19.1. The molecule has 1 saturated heterocycles. The van der Waals surface area contributed by atoms with E-state index in [9.17, 15) is 9.59 Å². The van der Waals surface area contributed by atoms with Crippen LogP contribution in [0.1, 0.15) is 28.8 Å². The number of hydrogen-bond acceptors (Lipinski definition) is 6. The van der Waals surface area contributed by atoms with Crippen molar-refractivity contribution in [3.8, 4) is 5.75 Å². The van der Waals surface area contributed by atoms with E-state index in [1.807, 2.05) is 41.1 Å². The third kappa shape index (κ3) is 5.07. The van der Waals surface area contributed by atoms with E-state index in [2.05, 4.69) is 15.6 Å². The Bertz CT molecular complexity index is 1310. The van der Waals surface area contributed by atoms with Gasteiger partial charge in [0.05, 0.1) is 23.5 Å². The minimum atomic E-state index is -0.417. The molecule has 192 valence electrons. The van der Waals surface area contributed by atoms with Gasteiger partial charge in [-0.05, 0) is 61.7 Å². The van der Waals surface area contributed by atoms with Gasteiger partial charge in [0.1, 0.15) is 18.2 Å². The van der Waals surface area contributed by atoms with Gasteiger partial charge in [-0.2, -0.15) is 0 Å². The number of ether oxygens (including phenoxy) is 1. The lowest BCUT2D eigenvalue weighted by Gasteiger charge is -2.33. The fourth-order valence-corrected chi connectivity index (χ4v) is 4.91. The molecule has 0 aliphatic carbocycles. The molecule has 8 nitrogen and oxygen atoms in total. The zero-order chi connectivity index (χ0) is 25.9. The molecule has 2 amide bonds. The van der Waals surface area contributed by atoms with Crippen molar-refractivity contribution in [1.29, 1.82) is 0 Å². The molecule has 0 bridgehead atoms. The van der Waals surface area contributed by atoms with Crippen LogP contribution in [0, 0.1) is 18.7 Å². The quantitative estimate of drug-likeness (QED) is 0.541. The topological polar surface area (TPSA) is 86.8 Å². The summed E-state index contributed by atoms with van der Waals surface area (Å²) in [4.78, 5) is 33.6. The first-order chi connectivity index (χ1) is 17.9. The Morgan fingerprint density at radius 3 is 2.57 bits per heavy atom. The number of nitrogens with zero attached hydrogens (tertiary/aromatic N) is 3. The van der Waals surface area contributed by atoms with Gasteiger partial charge < -0.3 is 25.2 Å². The molecule has 1 aromatic heterocycles. The van der Waals surface area contributed by atoms with Gasteiger partial charge in [-0.1, -0.05) is 12.1 Å². The van der Waals surface area contributed by atoms with E-state index in [1.54, 1.807) is 31.3 Å². The second kappa shape index (κ2) is 10.5. The zero-order valence-electron chi connectivity index (χ0n) is 21.0. The normalized spacial score (nSPS) is 15.5. The second-order valence-electron chi connectivity index (χ2n) is 9.34. The molecular formula is C28H30FN5O3. The van der Waals surface area contributed by atoms with Crippen LogP contribution in [0.5, 0.6) is 5.75 Å². The molecule has 5 rings (SSSR count). The van der Waals surface area contributed by atoms with Crippen molar-refractivity contribution in [3.63, 3.8) is 0 Å². The molecule has 37 heavy (non-hydrogen) atoms. The number of aromatic nitrogens is 1. The molecule has 9 heteroatoms. The average Bonchev–Trinajstić information content (AvgIpc) is 2.92. The van der Waals surface area contributed by atoms with Crippen LogP contribution in [-0.2, 0) is 4.79 Å². The number of carbonyl (C=O) groups excluding carboxylic acids is 2. The summed E-state index contributed by atoms with van der Waals surface area (Å²) in [6.07, 6.45) is 3.15. The maximum absolute atomic E-state index is 15.0. The molecule has 2 N–H and O–H groups in total. The monoisotopic (exact) mass is 503 g/mol. The van der Waals surface area contributed by atoms with Crippen molar-refractivity contribution in [1.82, 2.24) is 10.3 Å². The molecule has 1 fully saturated rings. The van der Waals surface area contributed by atoms with Crippen LogP contribution in [0.25, 0.3) is 0 Å². The fraction of sp³-hybridized carbons (Fsp3) is 0.321. The van der Waals surface area contributed by atoms with Crippen LogP contribution in [0.15, 0.2) is 54.7 Å². The standard InChI is InChI=1S/C28H30FN5O3/c1-18-6-9-25(31-17-18)34-14-15-37-26-21(4-3-5-24(26)34)28(36)32-20-7-8-23(22(29)16-20)33-12-10-19(11-13-33)27(35)30-2/h3-9,16-17,19H,10-15H2,1-2H3,(H,30,35)(H,32,36). The number of anilines is 4. The average molecular weight is 504 g/mol. The number of amides is 2. The predicted molar refractivity (Wildman–Crippen MR) is 141 cm³/mol. The Labute approximate surface area is 215 Å². The highest BCUT2D eigenvalue weighted by Crippen LogP contribution is 2.39. The molecular weight excluding hydrogens is 473 g/mol. The van der Waals surface area contributed by atoms with Crippen LogP contribution < -0.4 is 25.2 Å². The lowest BCUT2D eigenvalue weighted by molar-refractivity contribution is -0.125. The smallest absolute Gasteiger partial charge is 0.259 e. The Morgan fingerprint density at radius 1 is 1.05 bits per heavy atom. The van der Waals surface area contributed by atoms with Crippen molar-refractivity contribution >= 4 is 34.7 Å². The van der Waals surface area contributed by atoms with Gasteiger partial charge in [-0.25, -0.2) is 9.37 Å². The number of nitrogens with one attached hydrogen (secondary N) is 2. The van der Waals surface area contributed by atoms with E-state index >= 15 is 4.39 Å². The van der Waals surface area contributed by atoms with Gasteiger partial charge >= 0.3 is 0 Å². The second-order valence-corrected chi connectivity index (χ2v) is 9.34. The molecule has 3 aromatic rings. The maximum atomic E-state index is 15.0. The molecule has 0 spiro atoms. The van der Waals surface area contributed by atoms with Crippen LogP contribution >= 0.6 is 0 Å². The molecule has 2 aliphatic rings. The van der Waals surface area contributed by atoms with E-state index in [-0.39, 0.29) is 17.7 Å². The number of hydrogen-bond donors (Lipinski definition) is 2. The van der Waals surface area contributed by atoms with Gasteiger partial charge in [0.2, 0.25) is 5.91 Å². The Morgan fingerprint density at radius 2 is 1.86 bits per heavy atom. The van der Waals surface area contributed by atoms with Crippen molar-refractivity contribution in [2.24, 2.45) is 5.92 Å². The fourth-order valence-electron chi connectivity index (χ4n) is 4.91. The van der Waals surface area contributed by atoms with Gasteiger partial charge in [-0.3, -0.25) is 9.59 Å². The van der Waals surface area contributed by atoms with E-state index in [1.165, 1.54) is 6.07 Å². The van der Waals surface area contributed by atoms with E-state index < -0.39 is 5.82 Å². The van der Waals surface area contributed by atoms with Crippen LogP contribution in [-0.4, -0.2) is 50.1 Å². The lowest BCUT2D eigenvalue weighted by Crippen LogP contribution is -2.39. The third-order valence-corrected chi connectivity index (χ3v) is 6.92.